The van der Waals surface area contributed by atoms with Crippen LogP contribution in [0.1, 0.15) is 40.5 Å². The van der Waals surface area contributed by atoms with E-state index in [4.69, 9.17) is 4.74 Å². The zero-order valence-electron chi connectivity index (χ0n) is 12.2. The fraction of sp³-hybridized carbons (Fsp3) is 0.857. The molecule has 0 spiro atoms. The molecule has 1 fully saturated rings. The summed E-state index contributed by atoms with van der Waals surface area (Å²) in [7, 11) is 0. The van der Waals surface area contributed by atoms with Gasteiger partial charge in [0.1, 0.15) is 6.61 Å². The number of ether oxygens (including phenoxy) is 1. The maximum Gasteiger partial charge on any atom is 0.307 e. The van der Waals surface area contributed by atoms with Crippen LogP contribution in [0.4, 0.5) is 0 Å². The molecular formula is C14H25NO4. The van der Waals surface area contributed by atoms with Crippen molar-refractivity contribution >= 4 is 11.9 Å². The van der Waals surface area contributed by atoms with E-state index in [1.165, 1.54) is 0 Å². The largest absolute Gasteiger partial charge is 0.481 e. The van der Waals surface area contributed by atoms with Gasteiger partial charge in [-0.15, -0.1) is 0 Å². The summed E-state index contributed by atoms with van der Waals surface area (Å²) in [4.78, 5) is 23.0. The molecule has 1 rings (SSSR count). The second kappa shape index (κ2) is 6.37. The number of hydrogen-bond donors (Lipinski definition) is 2. The predicted molar refractivity (Wildman–Crippen MR) is 71.7 cm³/mol. The van der Waals surface area contributed by atoms with Gasteiger partial charge in [-0.25, -0.2) is 0 Å². The number of nitrogens with one attached hydrogen (secondary N) is 1. The van der Waals surface area contributed by atoms with E-state index in [0.29, 0.717) is 19.4 Å². The summed E-state index contributed by atoms with van der Waals surface area (Å²) in [5.41, 5.74) is -0.326. The van der Waals surface area contributed by atoms with Crippen molar-refractivity contribution in [3.8, 4) is 0 Å². The fourth-order valence-electron chi connectivity index (χ4n) is 2.89. The molecule has 2 N–H and O–H groups in total. The van der Waals surface area contributed by atoms with Gasteiger partial charge in [-0.3, -0.25) is 9.59 Å². The highest BCUT2D eigenvalue weighted by atomic mass is 16.5. The van der Waals surface area contributed by atoms with Crippen LogP contribution in [0.15, 0.2) is 0 Å². The number of carbonyl (C=O) groups is 2. The minimum Gasteiger partial charge on any atom is -0.481 e. The number of hydrogen-bond acceptors (Lipinski definition) is 3. The summed E-state index contributed by atoms with van der Waals surface area (Å²) < 4.78 is 5.08. The average molecular weight is 271 g/mol. The van der Waals surface area contributed by atoms with E-state index in [-0.39, 0.29) is 35.8 Å². The highest BCUT2D eigenvalue weighted by Gasteiger charge is 2.46. The summed E-state index contributed by atoms with van der Waals surface area (Å²) in [6, 6.07) is 0.0264. The van der Waals surface area contributed by atoms with Gasteiger partial charge in [0.15, 0.2) is 0 Å². The Balaban J connectivity index is 2.65. The average Bonchev–Trinajstić information content (AvgIpc) is 2.32. The van der Waals surface area contributed by atoms with Crippen molar-refractivity contribution in [2.45, 2.75) is 46.6 Å². The van der Waals surface area contributed by atoms with Gasteiger partial charge >= 0.3 is 5.97 Å². The Morgan fingerprint density at radius 1 is 1.37 bits per heavy atom. The van der Waals surface area contributed by atoms with E-state index < -0.39 is 5.97 Å². The normalized spacial score (nSPS) is 29.8. The molecule has 110 valence electrons. The first-order valence-corrected chi connectivity index (χ1v) is 6.90. The summed E-state index contributed by atoms with van der Waals surface area (Å²) in [5, 5.41) is 12.2. The van der Waals surface area contributed by atoms with Gasteiger partial charge in [-0.1, -0.05) is 20.8 Å². The van der Waals surface area contributed by atoms with Gasteiger partial charge in [-0.2, -0.15) is 0 Å². The number of carboxylic acids is 1. The van der Waals surface area contributed by atoms with Crippen LogP contribution in [0.25, 0.3) is 0 Å². The highest BCUT2D eigenvalue weighted by Crippen LogP contribution is 2.45. The Kier molecular flexibility index (Phi) is 5.35. The molecule has 0 aromatic carbocycles. The third-order valence-corrected chi connectivity index (χ3v) is 4.52. The van der Waals surface area contributed by atoms with E-state index in [9.17, 15) is 14.7 Å². The maximum absolute atomic E-state index is 11.7. The second-order valence-electron chi connectivity index (χ2n) is 5.89. The Labute approximate surface area is 114 Å². The molecule has 5 nitrogen and oxygen atoms in total. The molecule has 1 aliphatic carbocycles. The smallest absolute Gasteiger partial charge is 0.307 e. The van der Waals surface area contributed by atoms with E-state index >= 15 is 0 Å². The van der Waals surface area contributed by atoms with E-state index in [1.54, 1.807) is 0 Å². The second-order valence-corrected chi connectivity index (χ2v) is 5.89. The Hall–Kier alpha value is -1.10. The molecule has 0 heterocycles. The molecule has 1 aliphatic rings. The lowest BCUT2D eigenvalue weighted by Gasteiger charge is -2.46. The van der Waals surface area contributed by atoms with Crippen LogP contribution in [0.2, 0.25) is 0 Å². The summed E-state index contributed by atoms with van der Waals surface area (Å²) in [6.45, 7) is 8.38. The minimum atomic E-state index is -0.740. The molecule has 19 heavy (non-hydrogen) atoms. The summed E-state index contributed by atoms with van der Waals surface area (Å²) in [6.07, 6.45) is 1.31. The van der Waals surface area contributed by atoms with Crippen LogP contribution in [-0.4, -0.2) is 36.2 Å². The van der Waals surface area contributed by atoms with E-state index in [1.807, 2.05) is 27.7 Å². The quantitative estimate of drug-likeness (QED) is 0.797. The van der Waals surface area contributed by atoms with Crippen molar-refractivity contribution in [3.05, 3.63) is 0 Å². The third kappa shape index (κ3) is 3.69. The zero-order valence-corrected chi connectivity index (χ0v) is 12.2. The van der Waals surface area contributed by atoms with Gasteiger partial charge in [-0.05, 0) is 31.1 Å². The topological polar surface area (TPSA) is 75.6 Å². The van der Waals surface area contributed by atoms with E-state index in [0.717, 1.165) is 0 Å². The lowest BCUT2D eigenvalue weighted by molar-refractivity contribution is -0.150. The van der Waals surface area contributed by atoms with E-state index in [2.05, 4.69) is 5.32 Å². The van der Waals surface area contributed by atoms with Crippen molar-refractivity contribution in [1.29, 1.82) is 0 Å². The van der Waals surface area contributed by atoms with Crippen molar-refractivity contribution in [1.82, 2.24) is 5.32 Å². The van der Waals surface area contributed by atoms with Crippen LogP contribution >= 0.6 is 0 Å². The Bertz CT molecular complexity index is 340. The first-order chi connectivity index (χ1) is 8.80. The van der Waals surface area contributed by atoms with Crippen LogP contribution in [0.5, 0.6) is 0 Å². The fourth-order valence-corrected chi connectivity index (χ4v) is 2.89. The lowest BCUT2D eigenvalue weighted by atomic mass is 9.61. The molecule has 1 saturated carbocycles. The first kappa shape index (κ1) is 16.0. The summed E-state index contributed by atoms with van der Waals surface area (Å²) in [5.74, 6) is -1.09. The molecule has 3 atom stereocenters. The molecule has 5 heteroatoms. The minimum absolute atomic E-state index is 0.0264. The highest BCUT2D eigenvalue weighted by molar-refractivity contribution is 5.77. The SMILES string of the molecule is CCOCC(=O)NC1CCC(C(=O)O)C(C)(C)C1C. The van der Waals surface area contributed by atoms with Crippen molar-refractivity contribution in [2.75, 3.05) is 13.2 Å². The first-order valence-electron chi connectivity index (χ1n) is 6.90. The predicted octanol–water partition coefficient (Wildman–Crippen LogP) is 1.66. The van der Waals surface area contributed by atoms with Gasteiger partial charge in [0.2, 0.25) is 5.91 Å². The molecule has 0 radical (unpaired) electrons. The monoisotopic (exact) mass is 271 g/mol. The number of carbonyl (C=O) groups excluding carboxylic acids is 1. The van der Waals surface area contributed by atoms with Gasteiger partial charge < -0.3 is 15.2 Å². The van der Waals surface area contributed by atoms with Gasteiger partial charge in [0.25, 0.3) is 0 Å². The molecule has 0 aromatic rings. The molecule has 0 aromatic heterocycles. The van der Waals surface area contributed by atoms with Crippen LogP contribution in [-0.2, 0) is 14.3 Å². The molecule has 0 bridgehead atoms. The van der Waals surface area contributed by atoms with Crippen LogP contribution < -0.4 is 5.32 Å². The summed E-state index contributed by atoms with van der Waals surface area (Å²) >= 11 is 0. The molecule has 1 amide bonds. The number of amides is 1. The maximum atomic E-state index is 11.7. The number of carboxylic acid groups (broad SMARTS) is 1. The van der Waals surface area contributed by atoms with Gasteiger partial charge in [0.05, 0.1) is 5.92 Å². The standard InChI is InChI=1S/C14H25NO4/c1-5-19-8-12(16)15-11-7-6-10(13(17)18)14(3,4)9(11)2/h9-11H,5-8H2,1-4H3,(H,15,16)(H,17,18). The lowest BCUT2D eigenvalue weighted by Crippen LogP contribution is -2.52. The van der Waals surface area contributed by atoms with Crippen molar-refractivity contribution in [3.63, 3.8) is 0 Å². The van der Waals surface area contributed by atoms with Gasteiger partial charge in [0, 0.05) is 12.6 Å². The number of rotatable bonds is 5. The van der Waals surface area contributed by atoms with Crippen LogP contribution in [0.3, 0.4) is 0 Å². The van der Waals surface area contributed by atoms with Crippen molar-refractivity contribution < 1.29 is 19.4 Å². The molecular weight excluding hydrogens is 246 g/mol. The Morgan fingerprint density at radius 3 is 2.53 bits per heavy atom. The number of aliphatic carboxylic acids is 1. The van der Waals surface area contributed by atoms with Crippen molar-refractivity contribution in [2.24, 2.45) is 17.3 Å². The molecule has 0 saturated heterocycles. The zero-order chi connectivity index (χ0) is 14.6. The third-order valence-electron chi connectivity index (χ3n) is 4.52. The Morgan fingerprint density at radius 2 is 2.00 bits per heavy atom. The molecule has 3 unspecified atom stereocenters. The molecule has 0 aliphatic heterocycles. The van der Waals surface area contributed by atoms with Crippen LogP contribution in [0, 0.1) is 17.3 Å².